The van der Waals surface area contributed by atoms with Gasteiger partial charge in [-0.2, -0.15) is 10.2 Å². The first-order chi connectivity index (χ1) is 12.0. The van der Waals surface area contributed by atoms with Crippen LogP contribution in [-0.4, -0.2) is 25.5 Å². The molecule has 0 unspecified atom stereocenters. The summed E-state index contributed by atoms with van der Waals surface area (Å²) >= 11 is 3.35. The minimum absolute atomic E-state index is 0.0444. The number of rotatable bonds is 6. The number of aryl methyl sites for hydroxylation is 2. The van der Waals surface area contributed by atoms with Gasteiger partial charge >= 0.3 is 0 Å². The van der Waals surface area contributed by atoms with E-state index in [1.54, 1.807) is 10.9 Å². The summed E-state index contributed by atoms with van der Waals surface area (Å²) in [7, 11) is 0. The molecule has 25 heavy (non-hydrogen) atoms. The SMILES string of the molecule is Cc1nn(Cc2ccccc2)c(C)c1NC(=O)CCn1cc(Br)cn1. The molecule has 1 amide bonds. The van der Waals surface area contributed by atoms with Crippen molar-refractivity contribution in [2.75, 3.05) is 5.32 Å². The molecule has 0 fully saturated rings. The number of nitrogens with zero attached hydrogens (tertiary/aromatic N) is 4. The average Bonchev–Trinajstić information content (AvgIpc) is 3.12. The van der Waals surface area contributed by atoms with Gasteiger partial charge in [-0.3, -0.25) is 14.2 Å². The Hall–Kier alpha value is -2.41. The van der Waals surface area contributed by atoms with Crippen LogP contribution >= 0.6 is 15.9 Å². The molecule has 0 aliphatic carbocycles. The van der Waals surface area contributed by atoms with Crippen molar-refractivity contribution in [1.29, 1.82) is 0 Å². The number of anilines is 1. The van der Waals surface area contributed by atoms with Gasteiger partial charge in [-0.1, -0.05) is 30.3 Å². The Morgan fingerprint density at radius 3 is 2.68 bits per heavy atom. The molecule has 2 aromatic heterocycles. The standard InChI is InChI=1S/C18H20BrN5O/c1-13-18(21-17(25)8-9-23-12-16(19)10-20-23)14(2)24(22-13)11-15-6-4-3-5-7-15/h3-7,10,12H,8-9,11H2,1-2H3,(H,21,25). The second kappa shape index (κ2) is 7.65. The third-order valence-electron chi connectivity index (χ3n) is 3.99. The molecule has 130 valence electrons. The molecule has 3 rings (SSSR count). The summed E-state index contributed by atoms with van der Waals surface area (Å²) in [5.41, 5.74) is 3.75. The Morgan fingerprint density at radius 2 is 2.00 bits per heavy atom. The van der Waals surface area contributed by atoms with Gasteiger partial charge in [0.15, 0.2) is 0 Å². The van der Waals surface area contributed by atoms with Crippen LogP contribution in [-0.2, 0) is 17.9 Å². The Kier molecular flexibility index (Phi) is 5.33. The van der Waals surface area contributed by atoms with Crippen molar-refractivity contribution in [2.24, 2.45) is 0 Å². The largest absolute Gasteiger partial charge is 0.323 e. The molecular formula is C18H20BrN5O. The van der Waals surface area contributed by atoms with Crippen molar-refractivity contribution in [1.82, 2.24) is 19.6 Å². The molecule has 0 radical (unpaired) electrons. The molecule has 1 N–H and O–H groups in total. The van der Waals surface area contributed by atoms with Crippen LogP contribution < -0.4 is 5.32 Å². The smallest absolute Gasteiger partial charge is 0.226 e. The number of carbonyl (C=O) groups is 1. The highest BCUT2D eigenvalue weighted by Gasteiger charge is 2.14. The van der Waals surface area contributed by atoms with Crippen LogP contribution in [0, 0.1) is 13.8 Å². The van der Waals surface area contributed by atoms with Crippen LogP contribution in [0.2, 0.25) is 0 Å². The van der Waals surface area contributed by atoms with Crippen LogP contribution in [0.3, 0.4) is 0 Å². The van der Waals surface area contributed by atoms with E-state index in [2.05, 4.69) is 43.6 Å². The van der Waals surface area contributed by atoms with E-state index >= 15 is 0 Å². The summed E-state index contributed by atoms with van der Waals surface area (Å²) in [4.78, 5) is 12.3. The van der Waals surface area contributed by atoms with Crippen LogP contribution in [0.1, 0.15) is 23.4 Å². The maximum atomic E-state index is 12.3. The van der Waals surface area contributed by atoms with Gasteiger partial charge in [-0.25, -0.2) is 0 Å². The van der Waals surface area contributed by atoms with Crippen molar-refractivity contribution >= 4 is 27.5 Å². The van der Waals surface area contributed by atoms with E-state index in [9.17, 15) is 4.79 Å². The molecule has 0 spiro atoms. The van der Waals surface area contributed by atoms with Crippen molar-refractivity contribution in [3.05, 3.63) is 64.1 Å². The number of aromatic nitrogens is 4. The lowest BCUT2D eigenvalue weighted by atomic mass is 10.2. The number of carbonyl (C=O) groups excluding carboxylic acids is 1. The number of nitrogens with one attached hydrogen (secondary N) is 1. The predicted octanol–water partition coefficient (Wildman–Crippen LogP) is 3.54. The molecule has 0 saturated heterocycles. The van der Waals surface area contributed by atoms with Gasteiger partial charge in [0.1, 0.15) is 0 Å². The Labute approximate surface area is 155 Å². The van der Waals surface area contributed by atoms with Crippen LogP contribution in [0.15, 0.2) is 47.2 Å². The third-order valence-corrected chi connectivity index (χ3v) is 4.40. The summed E-state index contributed by atoms with van der Waals surface area (Å²) in [5, 5.41) is 11.7. The number of amides is 1. The highest BCUT2D eigenvalue weighted by Crippen LogP contribution is 2.20. The lowest BCUT2D eigenvalue weighted by molar-refractivity contribution is -0.116. The Bertz CT molecular complexity index is 869. The molecule has 0 atom stereocenters. The zero-order chi connectivity index (χ0) is 17.8. The molecule has 6 nitrogen and oxygen atoms in total. The Balaban J connectivity index is 1.65. The maximum absolute atomic E-state index is 12.3. The minimum atomic E-state index is -0.0444. The summed E-state index contributed by atoms with van der Waals surface area (Å²) in [5.74, 6) is -0.0444. The van der Waals surface area contributed by atoms with E-state index in [0.29, 0.717) is 19.5 Å². The molecule has 7 heteroatoms. The van der Waals surface area contributed by atoms with Gasteiger partial charge < -0.3 is 5.32 Å². The molecule has 0 saturated carbocycles. The monoisotopic (exact) mass is 401 g/mol. The number of hydrogen-bond acceptors (Lipinski definition) is 3. The van der Waals surface area contributed by atoms with E-state index in [-0.39, 0.29) is 5.91 Å². The second-order valence-corrected chi connectivity index (χ2v) is 6.82. The first-order valence-electron chi connectivity index (χ1n) is 8.08. The molecule has 0 bridgehead atoms. The quantitative estimate of drug-likeness (QED) is 0.686. The molecular weight excluding hydrogens is 382 g/mol. The predicted molar refractivity (Wildman–Crippen MR) is 100 cm³/mol. The average molecular weight is 402 g/mol. The lowest BCUT2D eigenvalue weighted by Crippen LogP contribution is -2.15. The zero-order valence-electron chi connectivity index (χ0n) is 14.2. The van der Waals surface area contributed by atoms with Crippen LogP contribution in [0.5, 0.6) is 0 Å². The number of halogens is 1. The van der Waals surface area contributed by atoms with E-state index in [0.717, 1.165) is 21.5 Å². The van der Waals surface area contributed by atoms with Gasteiger partial charge in [0.25, 0.3) is 0 Å². The van der Waals surface area contributed by atoms with E-state index in [1.165, 1.54) is 5.56 Å². The summed E-state index contributed by atoms with van der Waals surface area (Å²) in [6.07, 6.45) is 3.92. The van der Waals surface area contributed by atoms with Gasteiger partial charge in [-0.15, -0.1) is 0 Å². The molecule has 1 aromatic carbocycles. The fraction of sp³-hybridized carbons (Fsp3) is 0.278. The van der Waals surface area contributed by atoms with E-state index in [1.807, 2.05) is 42.9 Å². The van der Waals surface area contributed by atoms with Crippen molar-refractivity contribution in [2.45, 2.75) is 33.4 Å². The first-order valence-corrected chi connectivity index (χ1v) is 8.88. The molecule has 0 aliphatic heterocycles. The fourth-order valence-electron chi connectivity index (χ4n) is 2.67. The fourth-order valence-corrected chi connectivity index (χ4v) is 2.99. The van der Waals surface area contributed by atoms with Crippen LogP contribution in [0.25, 0.3) is 0 Å². The Morgan fingerprint density at radius 1 is 1.24 bits per heavy atom. The van der Waals surface area contributed by atoms with Gasteiger partial charge in [0.2, 0.25) is 5.91 Å². The number of hydrogen-bond donors (Lipinski definition) is 1. The summed E-state index contributed by atoms with van der Waals surface area (Å²) < 4.78 is 4.56. The summed E-state index contributed by atoms with van der Waals surface area (Å²) in [6.45, 7) is 5.11. The normalized spacial score (nSPS) is 10.8. The highest BCUT2D eigenvalue weighted by molar-refractivity contribution is 9.10. The third kappa shape index (κ3) is 4.36. The maximum Gasteiger partial charge on any atom is 0.226 e. The topological polar surface area (TPSA) is 64.7 Å². The molecule has 3 aromatic rings. The van der Waals surface area contributed by atoms with E-state index in [4.69, 9.17) is 0 Å². The first kappa shape index (κ1) is 17.4. The van der Waals surface area contributed by atoms with Gasteiger partial charge in [0.05, 0.1) is 34.3 Å². The zero-order valence-corrected chi connectivity index (χ0v) is 15.8. The molecule has 0 aliphatic rings. The minimum Gasteiger partial charge on any atom is -0.323 e. The van der Waals surface area contributed by atoms with Crippen molar-refractivity contribution in [3.8, 4) is 0 Å². The van der Waals surface area contributed by atoms with Gasteiger partial charge in [-0.05, 0) is 35.3 Å². The highest BCUT2D eigenvalue weighted by atomic mass is 79.9. The molecule has 2 heterocycles. The van der Waals surface area contributed by atoms with Crippen molar-refractivity contribution < 1.29 is 4.79 Å². The second-order valence-electron chi connectivity index (χ2n) is 5.91. The van der Waals surface area contributed by atoms with Crippen molar-refractivity contribution in [3.63, 3.8) is 0 Å². The lowest BCUT2D eigenvalue weighted by Gasteiger charge is -2.07. The number of benzene rings is 1. The van der Waals surface area contributed by atoms with Crippen LogP contribution in [0.4, 0.5) is 5.69 Å². The summed E-state index contributed by atoms with van der Waals surface area (Å²) in [6, 6.07) is 10.1. The van der Waals surface area contributed by atoms with Gasteiger partial charge in [0, 0.05) is 19.2 Å². The van der Waals surface area contributed by atoms with E-state index < -0.39 is 0 Å².